The monoisotopic (exact) mass is 519 g/mol. The normalized spacial score (nSPS) is 18.2. The molecule has 2 aliphatic heterocycles. The number of piperidine rings is 1. The summed E-state index contributed by atoms with van der Waals surface area (Å²) in [7, 11) is 0. The third kappa shape index (κ3) is 4.94. The van der Waals surface area contributed by atoms with E-state index in [9.17, 15) is 9.59 Å². The summed E-state index contributed by atoms with van der Waals surface area (Å²) in [6.45, 7) is 10.1. The number of thiazole rings is 1. The van der Waals surface area contributed by atoms with Crippen molar-refractivity contribution >= 4 is 29.3 Å². The molecule has 1 aromatic carbocycles. The van der Waals surface area contributed by atoms with E-state index in [1.54, 1.807) is 24.5 Å². The van der Waals surface area contributed by atoms with Gasteiger partial charge in [-0.15, -0.1) is 0 Å². The number of ether oxygens (including phenoxy) is 1. The molecule has 0 radical (unpaired) electrons. The van der Waals surface area contributed by atoms with E-state index < -0.39 is 12.0 Å². The van der Waals surface area contributed by atoms with Gasteiger partial charge in [0.2, 0.25) is 0 Å². The first-order valence-electron chi connectivity index (χ1n) is 13.0. The van der Waals surface area contributed by atoms with Crippen molar-refractivity contribution in [2.24, 2.45) is 4.99 Å². The van der Waals surface area contributed by atoms with Crippen LogP contribution < -0.4 is 19.8 Å². The molecular formula is C29H33N3O4S. The fourth-order valence-electron chi connectivity index (χ4n) is 5.00. The van der Waals surface area contributed by atoms with E-state index in [2.05, 4.69) is 35.9 Å². The van der Waals surface area contributed by atoms with Crippen LogP contribution in [0.3, 0.4) is 0 Å². The minimum Gasteiger partial charge on any atom is -0.463 e. The predicted molar refractivity (Wildman–Crippen MR) is 146 cm³/mol. The fraction of sp³-hybridized carbons (Fsp3) is 0.414. The molecule has 2 aromatic heterocycles. The second kappa shape index (κ2) is 10.5. The lowest BCUT2D eigenvalue weighted by Gasteiger charge is -2.25. The van der Waals surface area contributed by atoms with Crippen LogP contribution in [0.15, 0.2) is 61.9 Å². The number of allylic oxidation sites excluding steroid dienone is 1. The number of carbonyl (C=O) groups excluding carboxylic acids is 1. The lowest BCUT2D eigenvalue weighted by atomic mass is 9.93. The molecule has 0 amide bonds. The van der Waals surface area contributed by atoms with Gasteiger partial charge < -0.3 is 14.1 Å². The zero-order valence-electron chi connectivity index (χ0n) is 21.8. The number of benzene rings is 1. The number of carbonyl (C=O) groups is 1. The number of nitrogens with zero attached hydrogens (tertiary/aromatic N) is 3. The summed E-state index contributed by atoms with van der Waals surface area (Å²) in [6.07, 6.45) is 5.35. The molecule has 0 bridgehead atoms. The quantitative estimate of drug-likeness (QED) is 0.448. The van der Waals surface area contributed by atoms with Crippen LogP contribution >= 0.6 is 11.3 Å². The highest BCUT2D eigenvalue weighted by Gasteiger charge is 2.33. The molecular weight excluding hydrogens is 486 g/mol. The maximum atomic E-state index is 13.8. The number of hydrogen-bond donors (Lipinski definition) is 0. The van der Waals surface area contributed by atoms with Crippen LogP contribution in [0, 0.1) is 0 Å². The summed E-state index contributed by atoms with van der Waals surface area (Å²) in [6, 6.07) is 11.4. The summed E-state index contributed by atoms with van der Waals surface area (Å²) >= 11 is 1.31. The second-order valence-electron chi connectivity index (χ2n) is 9.85. The van der Waals surface area contributed by atoms with Gasteiger partial charge in [0.15, 0.2) is 10.7 Å². The molecule has 1 atom stereocenters. The Hall–Kier alpha value is -3.39. The zero-order chi connectivity index (χ0) is 26.1. The predicted octanol–water partition coefficient (Wildman–Crippen LogP) is 4.51. The van der Waals surface area contributed by atoms with Crippen LogP contribution in [0.5, 0.6) is 0 Å². The highest BCUT2D eigenvalue weighted by molar-refractivity contribution is 7.07. The summed E-state index contributed by atoms with van der Waals surface area (Å²) < 4.78 is 13.6. The highest BCUT2D eigenvalue weighted by atomic mass is 32.1. The van der Waals surface area contributed by atoms with Crippen LogP contribution in [0.2, 0.25) is 0 Å². The highest BCUT2D eigenvalue weighted by Crippen LogP contribution is 2.31. The van der Waals surface area contributed by atoms with Crippen LogP contribution in [0.4, 0.5) is 5.88 Å². The van der Waals surface area contributed by atoms with Crippen molar-refractivity contribution < 1.29 is 13.9 Å². The summed E-state index contributed by atoms with van der Waals surface area (Å²) in [5.74, 6) is 1.39. The van der Waals surface area contributed by atoms with Gasteiger partial charge in [0, 0.05) is 25.2 Å². The van der Waals surface area contributed by atoms with E-state index >= 15 is 0 Å². The van der Waals surface area contributed by atoms with Gasteiger partial charge in [-0.25, -0.2) is 9.79 Å². The van der Waals surface area contributed by atoms with E-state index in [1.807, 2.05) is 24.3 Å². The zero-order valence-corrected chi connectivity index (χ0v) is 22.6. The Balaban J connectivity index is 1.60. The van der Waals surface area contributed by atoms with E-state index in [4.69, 9.17) is 9.15 Å². The number of hydrogen-bond acceptors (Lipinski definition) is 7. The standard InChI is InChI=1S/C29H33N3O4S/c1-5-35-28(34)25-19(4)30-29-32(26(25)21-11-9-20(10-12-21)18(2)3)27(33)23(37-29)17-22-13-14-24(36-22)31-15-7-6-8-16-31/h9-14,17-18,26H,5-8,15-16H2,1-4H3/b23-17-/t26-/m1/s1. The summed E-state index contributed by atoms with van der Waals surface area (Å²) in [4.78, 5) is 34.3. The summed E-state index contributed by atoms with van der Waals surface area (Å²) in [5, 5.41) is 0. The number of esters is 1. The SMILES string of the molecule is CCOC(=O)C1=C(C)N=c2s/c(=C\c3ccc(N4CCCCC4)o3)c(=O)n2[C@@H]1c1ccc(C(C)C)cc1. The minimum absolute atomic E-state index is 0.202. The van der Waals surface area contributed by atoms with Gasteiger partial charge in [0.1, 0.15) is 5.76 Å². The van der Waals surface area contributed by atoms with Crippen molar-refractivity contribution in [3.05, 3.63) is 84.2 Å². The molecule has 2 aliphatic rings. The first-order valence-corrected chi connectivity index (χ1v) is 13.8. The Kier molecular flexibility index (Phi) is 7.20. The lowest BCUT2D eigenvalue weighted by Crippen LogP contribution is -2.39. The number of fused-ring (bicyclic) bond motifs is 1. The van der Waals surface area contributed by atoms with Crippen LogP contribution in [0.25, 0.3) is 6.08 Å². The largest absolute Gasteiger partial charge is 0.463 e. The molecule has 0 N–H and O–H groups in total. The van der Waals surface area contributed by atoms with E-state index in [1.165, 1.54) is 23.3 Å². The number of anilines is 1. The first kappa shape index (κ1) is 25.3. The molecule has 0 spiro atoms. The molecule has 8 heteroatoms. The number of aromatic nitrogens is 1. The van der Waals surface area contributed by atoms with E-state index in [-0.39, 0.29) is 12.2 Å². The Morgan fingerprint density at radius 3 is 2.57 bits per heavy atom. The van der Waals surface area contributed by atoms with Crippen LogP contribution in [-0.4, -0.2) is 30.2 Å². The first-order chi connectivity index (χ1) is 17.9. The topological polar surface area (TPSA) is 77.0 Å². The van der Waals surface area contributed by atoms with Crippen molar-refractivity contribution in [2.45, 2.75) is 58.9 Å². The van der Waals surface area contributed by atoms with Crippen molar-refractivity contribution in [3.63, 3.8) is 0 Å². The van der Waals surface area contributed by atoms with Gasteiger partial charge in [0.25, 0.3) is 5.56 Å². The van der Waals surface area contributed by atoms with Crippen molar-refractivity contribution in [2.75, 3.05) is 24.6 Å². The van der Waals surface area contributed by atoms with Gasteiger partial charge in [0.05, 0.1) is 28.5 Å². The molecule has 0 aliphatic carbocycles. The van der Waals surface area contributed by atoms with Gasteiger partial charge in [-0.2, -0.15) is 0 Å². The van der Waals surface area contributed by atoms with Crippen molar-refractivity contribution in [1.82, 2.24) is 4.57 Å². The van der Waals surface area contributed by atoms with Crippen LogP contribution in [0.1, 0.15) is 75.8 Å². The van der Waals surface area contributed by atoms with Crippen molar-refractivity contribution in [1.29, 1.82) is 0 Å². The van der Waals surface area contributed by atoms with Gasteiger partial charge in [-0.1, -0.05) is 49.4 Å². The Labute approximate surface area is 220 Å². The third-order valence-electron chi connectivity index (χ3n) is 6.99. The Morgan fingerprint density at radius 2 is 1.89 bits per heavy atom. The fourth-order valence-corrected chi connectivity index (χ4v) is 6.03. The smallest absolute Gasteiger partial charge is 0.338 e. The molecule has 3 aromatic rings. The number of rotatable bonds is 6. The summed E-state index contributed by atoms with van der Waals surface area (Å²) in [5.41, 5.74) is 2.79. The molecule has 37 heavy (non-hydrogen) atoms. The third-order valence-corrected chi connectivity index (χ3v) is 7.97. The average molecular weight is 520 g/mol. The lowest BCUT2D eigenvalue weighted by molar-refractivity contribution is -0.139. The minimum atomic E-state index is -0.612. The van der Waals surface area contributed by atoms with Gasteiger partial charge in [-0.05, 0) is 56.2 Å². The molecule has 4 heterocycles. The molecule has 0 saturated carbocycles. The van der Waals surface area contributed by atoms with E-state index in [0.717, 1.165) is 37.4 Å². The van der Waals surface area contributed by atoms with Gasteiger partial charge >= 0.3 is 5.97 Å². The molecule has 1 saturated heterocycles. The second-order valence-corrected chi connectivity index (χ2v) is 10.9. The molecule has 194 valence electrons. The molecule has 1 fully saturated rings. The van der Waals surface area contributed by atoms with Crippen LogP contribution in [-0.2, 0) is 9.53 Å². The molecule has 5 rings (SSSR count). The van der Waals surface area contributed by atoms with Gasteiger partial charge in [-0.3, -0.25) is 9.36 Å². The average Bonchev–Trinajstić information content (AvgIpc) is 3.48. The Morgan fingerprint density at radius 1 is 1.16 bits per heavy atom. The molecule has 7 nitrogen and oxygen atoms in total. The Bertz CT molecular complexity index is 1500. The maximum absolute atomic E-state index is 13.8. The maximum Gasteiger partial charge on any atom is 0.338 e. The van der Waals surface area contributed by atoms with E-state index in [0.29, 0.717) is 32.3 Å². The molecule has 0 unspecified atom stereocenters. The number of furan rings is 1. The van der Waals surface area contributed by atoms with Crippen molar-refractivity contribution in [3.8, 4) is 0 Å².